The van der Waals surface area contributed by atoms with Crippen molar-refractivity contribution in [3.05, 3.63) is 48.3 Å². The largest absolute Gasteiger partial charge is 0.434 e. The standard InChI is InChI=1S/C13H9FN2O/c14-9-4-1-3-8(7-9)13-16-11-6-2-5-10(15)12(11)17-13/h1-7H,15H2. The Labute approximate surface area is 96.7 Å². The van der Waals surface area contributed by atoms with Crippen LogP contribution in [0.15, 0.2) is 46.9 Å². The highest BCUT2D eigenvalue weighted by molar-refractivity contribution is 5.86. The fraction of sp³-hybridized carbons (Fsp3) is 0. The number of halogens is 1. The molecule has 0 bridgehead atoms. The second-order valence-electron chi connectivity index (χ2n) is 3.72. The molecule has 0 atom stereocenters. The molecule has 17 heavy (non-hydrogen) atoms. The van der Waals surface area contributed by atoms with Crippen molar-refractivity contribution in [3.63, 3.8) is 0 Å². The lowest BCUT2D eigenvalue weighted by Crippen LogP contribution is -1.82. The number of anilines is 1. The molecule has 84 valence electrons. The van der Waals surface area contributed by atoms with Gasteiger partial charge in [-0.15, -0.1) is 0 Å². The van der Waals surface area contributed by atoms with Crippen LogP contribution in [0, 0.1) is 5.82 Å². The summed E-state index contributed by atoms with van der Waals surface area (Å²) in [4.78, 5) is 4.27. The molecule has 1 heterocycles. The van der Waals surface area contributed by atoms with Gasteiger partial charge < -0.3 is 10.2 Å². The summed E-state index contributed by atoms with van der Waals surface area (Å²) < 4.78 is 18.6. The molecule has 0 saturated heterocycles. The number of oxazole rings is 1. The maximum absolute atomic E-state index is 13.1. The zero-order valence-corrected chi connectivity index (χ0v) is 8.85. The minimum absolute atomic E-state index is 0.322. The van der Waals surface area contributed by atoms with Gasteiger partial charge >= 0.3 is 0 Å². The molecule has 3 aromatic rings. The predicted molar refractivity (Wildman–Crippen MR) is 63.8 cm³/mol. The smallest absolute Gasteiger partial charge is 0.227 e. The summed E-state index contributed by atoms with van der Waals surface area (Å²) in [5.74, 6) is 0.0510. The van der Waals surface area contributed by atoms with E-state index in [-0.39, 0.29) is 5.82 Å². The van der Waals surface area contributed by atoms with Crippen LogP contribution in [0.25, 0.3) is 22.6 Å². The molecule has 0 spiro atoms. The normalized spacial score (nSPS) is 10.9. The molecule has 3 rings (SSSR count). The predicted octanol–water partition coefficient (Wildman–Crippen LogP) is 3.22. The molecule has 0 aliphatic carbocycles. The van der Waals surface area contributed by atoms with Crippen molar-refractivity contribution in [2.24, 2.45) is 0 Å². The Morgan fingerprint density at radius 2 is 1.94 bits per heavy atom. The molecule has 0 unspecified atom stereocenters. The third-order valence-electron chi connectivity index (χ3n) is 2.52. The van der Waals surface area contributed by atoms with Crippen LogP contribution < -0.4 is 5.73 Å². The Morgan fingerprint density at radius 1 is 1.12 bits per heavy atom. The minimum atomic E-state index is -0.322. The van der Waals surface area contributed by atoms with Crippen LogP contribution in [0.2, 0.25) is 0 Å². The molecule has 2 aromatic carbocycles. The van der Waals surface area contributed by atoms with E-state index in [2.05, 4.69) is 4.98 Å². The van der Waals surface area contributed by atoms with Crippen LogP contribution in [0.3, 0.4) is 0 Å². The van der Waals surface area contributed by atoms with Crippen LogP contribution >= 0.6 is 0 Å². The number of hydrogen-bond donors (Lipinski definition) is 1. The second-order valence-corrected chi connectivity index (χ2v) is 3.72. The fourth-order valence-electron chi connectivity index (χ4n) is 1.72. The highest BCUT2D eigenvalue weighted by atomic mass is 19.1. The number of nitrogens with zero attached hydrogens (tertiary/aromatic N) is 1. The average molecular weight is 228 g/mol. The van der Waals surface area contributed by atoms with Crippen molar-refractivity contribution in [3.8, 4) is 11.5 Å². The van der Waals surface area contributed by atoms with Crippen LogP contribution in [0.4, 0.5) is 10.1 Å². The Morgan fingerprint density at radius 3 is 2.71 bits per heavy atom. The van der Waals surface area contributed by atoms with Crippen molar-refractivity contribution in [2.45, 2.75) is 0 Å². The van der Waals surface area contributed by atoms with Crippen LogP contribution in [0.5, 0.6) is 0 Å². The molecule has 1 aromatic heterocycles. The lowest BCUT2D eigenvalue weighted by Gasteiger charge is -1.94. The zero-order chi connectivity index (χ0) is 11.8. The Hall–Kier alpha value is -2.36. The monoisotopic (exact) mass is 228 g/mol. The first-order chi connectivity index (χ1) is 8.24. The number of benzene rings is 2. The Balaban J connectivity index is 2.22. The van der Waals surface area contributed by atoms with Gasteiger partial charge in [0.25, 0.3) is 0 Å². The molecule has 2 N–H and O–H groups in total. The first kappa shape index (κ1) is 9.84. The first-order valence-corrected chi connectivity index (χ1v) is 5.15. The van der Waals surface area contributed by atoms with E-state index in [0.29, 0.717) is 28.2 Å². The quantitative estimate of drug-likeness (QED) is 0.650. The number of aromatic nitrogens is 1. The van der Waals surface area contributed by atoms with Gasteiger partial charge in [-0.2, -0.15) is 0 Å². The first-order valence-electron chi connectivity index (χ1n) is 5.15. The van der Waals surface area contributed by atoms with Crippen molar-refractivity contribution < 1.29 is 8.81 Å². The van der Waals surface area contributed by atoms with Crippen molar-refractivity contribution in [2.75, 3.05) is 5.73 Å². The summed E-state index contributed by atoms with van der Waals surface area (Å²) in [5.41, 5.74) is 8.10. The summed E-state index contributed by atoms with van der Waals surface area (Å²) in [6.07, 6.45) is 0. The molecule has 4 heteroatoms. The number of nitrogen functional groups attached to an aromatic ring is 1. The number of rotatable bonds is 1. The molecule has 0 amide bonds. The van der Waals surface area contributed by atoms with Crippen LogP contribution in [-0.4, -0.2) is 4.98 Å². The number of hydrogen-bond acceptors (Lipinski definition) is 3. The van der Waals surface area contributed by atoms with E-state index in [1.807, 2.05) is 0 Å². The third-order valence-corrected chi connectivity index (χ3v) is 2.52. The van der Waals surface area contributed by atoms with E-state index in [1.54, 1.807) is 30.3 Å². The molecule has 0 saturated carbocycles. The van der Waals surface area contributed by atoms with Gasteiger partial charge in [0.1, 0.15) is 11.3 Å². The van der Waals surface area contributed by atoms with Gasteiger partial charge in [0.15, 0.2) is 5.58 Å². The lowest BCUT2D eigenvalue weighted by molar-refractivity contribution is 0.612. The van der Waals surface area contributed by atoms with Gasteiger partial charge in [0, 0.05) is 5.56 Å². The second kappa shape index (κ2) is 3.59. The number of fused-ring (bicyclic) bond motifs is 1. The molecular formula is C13H9FN2O. The topological polar surface area (TPSA) is 52.0 Å². The van der Waals surface area contributed by atoms with Crippen molar-refractivity contribution >= 4 is 16.8 Å². The van der Waals surface area contributed by atoms with E-state index in [1.165, 1.54) is 12.1 Å². The van der Waals surface area contributed by atoms with Crippen molar-refractivity contribution in [1.29, 1.82) is 0 Å². The summed E-state index contributed by atoms with van der Waals surface area (Å²) >= 11 is 0. The van der Waals surface area contributed by atoms with E-state index >= 15 is 0 Å². The molecule has 3 nitrogen and oxygen atoms in total. The molecule has 0 radical (unpaired) electrons. The highest BCUT2D eigenvalue weighted by Gasteiger charge is 2.10. The maximum atomic E-state index is 13.1. The summed E-state index contributed by atoms with van der Waals surface area (Å²) in [5, 5.41) is 0. The molecule has 0 fully saturated rings. The molecule has 0 aliphatic heterocycles. The van der Waals surface area contributed by atoms with E-state index in [4.69, 9.17) is 10.2 Å². The average Bonchev–Trinajstić information content (AvgIpc) is 2.74. The van der Waals surface area contributed by atoms with Crippen molar-refractivity contribution in [1.82, 2.24) is 4.98 Å². The summed E-state index contributed by atoms with van der Waals surface area (Å²) in [6, 6.07) is 11.4. The van der Waals surface area contributed by atoms with E-state index < -0.39 is 0 Å². The third kappa shape index (κ3) is 1.63. The van der Waals surface area contributed by atoms with Gasteiger partial charge in [-0.1, -0.05) is 12.1 Å². The number of para-hydroxylation sites is 1. The zero-order valence-electron chi connectivity index (χ0n) is 8.85. The Bertz CT molecular complexity index is 691. The van der Waals surface area contributed by atoms with Gasteiger partial charge in [-0.3, -0.25) is 0 Å². The summed E-state index contributed by atoms with van der Waals surface area (Å²) in [6.45, 7) is 0. The maximum Gasteiger partial charge on any atom is 0.227 e. The Kier molecular flexibility index (Phi) is 2.08. The van der Waals surface area contributed by atoms with Gasteiger partial charge in [0.2, 0.25) is 5.89 Å². The fourth-order valence-corrected chi connectivity index (χ4v) is 1.72. The van der Waals surface area contributed by atoms with Crippen LogP contribution in [-0.2, 0) is 0 Å². The minimum Gasteiger partial charge on any atom is -0.434 e. The number of nitrogens with two attached hydrogens (primary N) is 1. The summed E-state index contributed by atoms with van der Waals surface area (Å²) in [7, 11) is 0. The van der Waals surface area contributed by atoms with E-state index in [0.717, 1.165) is 0 Å². The van der Waals surface area contributed by atoms with E-state index in [9.17, 15) is 4.39 Å². The molecular weight excluding hydrogens is 219 g/mol. The van der Waals surface area contributed by atoms with Crippen LogP contribution in [0.1, 0.15) is 0 Å². The van der Waals surface area contributed by atoms with Gasteiger partial charge in [-0.05, 0) is 30.3 Å². The molecule has 0 aliphatic rings. The van der Waals surface area contributed by atoms with Gasteiger partial charge in [-0.25, -0.2) is 9.37 Å². The SMILES string of the molecule is Nc1cccc2nc(-c3cccc(F)c3)oc12. The van der Waals surface area contributed by atoms with Gasteiger partial charge in [0.05, 0.1) is 5.69 Å². The highest BCUT2D eigenvalue weighted by Crippen LogP contribution is 2.27. The lowest BCUT2D eigenvalue weighted by atomic mass is 10.2.